The third-order valence-corrected chi connectivity index (χ3v) is 4.08. The van der Waals surface area contributed by atoms with Crippen molar-refractivity contribution in [2.45, 2.75) is 37.6 Å². The molecule has 0 bridgehead atoms. The van der Waals surface area contributed by atoms with Crippen LogP contribution in [0.25, 0.3) is 0 Å². The normalized spacial score (nSPS) is 22.5. The van der Waals surface area contributed by atoms with E-state index in [0.717, 1.165) is 10.8 Å². The van der Waals surface area contributed by atoms with Crippen molar-refractivity contribution in [1.82, 2.24) is 14.5 Å². The summed E-state index contributed by atoms with van der Waals surface area (Å²) in [6.07, 6.45) is -3.14. The lowest BCUT2D eigenvalue weighted by Crippen LogP contribution is -2.50. The Kier molecular flexibility index (Phi) is 5.00. The standard InChI is InChI=1S/C14H20F3N3O3/c1-10-3-7-23-8-6-20(10)11(21)9-13(22,14(15,16)17)12-18-4-5-19(12)2/h4-5,10,22H,3,6-9H2,1-2H3. The Morgan fingerprint density at radius 1 is 1.48 bits per heavy atom. The predicted molar refractivity (Wildman–Crippen MR) is 74.4 cm³/mol. The van der Waals surface area contributed by atoms with E-state index >= 15 is 0 Å². The molecule has 1 aromatic heterocycles. The minimum absolute atomic E-state index is 0.203. The van der Waals surface area contributed by atoms with Crippen LogP contribution in [0.5, 0.6) is 0 Å². The summed E-state index contributed by atoms with van der Waals surface area (Å²) in [5.74, 6) is -1.37. The molecule has 1 saturated heterocycles. The highest BCUT2D eigenvalue weighted by Crippen LogP contribution is 2.41. The highest BCUT2D eigenvalue weighted by molar-refractivity contribution is 5.78. The summed E-state index contributed by atoms with van der Waals surface area (Å²) in [7, 11) is 1.34. The Balaban J connectivity index is 2.28. The molecule has 2 unspecified atom stereocenters. The largest absolute Gasteiger partial charge is 0.425 e. The van der Waals surface area contributed by atoms with E-state index in [1.54, 1.807) is 6.92 Å². The Morgan fingerprint density at radius 2 is 2.17 bits per heavy atom. The van der Waals surface area contributed by atoms with Crippen molar-refractivity contribution >= 4 is 5.91 Å². The number of ether oxygens (including phenoxy) is 1. The van der Waals surface area contributed by atoms with Crippen molar-refractivity contribution < 1.29 is 27.8 Å². The molecule has 1 fully saturated rings. The Morgan fingerprint density at radius 3 is 2.74 bits per heavy atom. The zero-order valence-corrected chi connectivity index (χ0v) is 13.0. The molecule has 2 rings (SSSR count). The maximum absolute atomic E-state index is 13.5. The highest BCUT2D eigenvalue weighted by Gasteiger charge is 2.59. The summed E-state index contributed by atoms with van der Waals surface area (Å²) >= 11 is 0. The van der Waals surface area contributed by atoms with Crippen molar-refractivity contribution in [2.75, 3.05) is 19.8 Å². The number of carbonyl (C=O) groups excluding carboxylic acids is 1. The number of aromatic nitrogens is 2. The van der Waals surface area contributed by atoms with Crippen LogP contribution >= 0.6 is 0 Å². The van der Waals surface area contributed by atoms with Gasteiger partial charge in [0.25, 0.3) is 0 Å². The van der Waals surface area contributed by atoms with E-state index < -0.39 is 29.9 Å². The number of hydrogen-bond acceptors (Lipinski definition) is 4. The summed E-state index contributed by atoms with van der Waals surface area (Å²) in [6, 6.07) is -0.246. The van der Waals surface area contributed by atoms with Crippen LogP contribution < -0.4 is 0 Å². The van der Waals surface area contributed by atoms with Crippen LogP contribution in [-0.4, -0.2) is 57.4 Å². The first-order valence-corrected chi connectivity index (χ1v) is 7.31. The van der Waals surface area contributed by atoms with Gasteiger partial charge in [0.2, 0.25) is 11.5 Å². The van der Waals surface area contributed by atoms with Crippen molar-refractivity contribution in [2.24, 2.45) is 7.05 Å². The SMILES string of the molecule is CC1CCOCCN1C(=O)CC(O)(c1nccn1C)C(F)(F)F. The van der Waals surface area contributed by atoms with Gasteiger partial charge in [-0.25, -0.2) is 4.98 Å². The monoisotopic (exact) mass is 335 g/mol. The number of aryl methyl sites for hydroxylation is 1. The molecule has 0 aromatic carbocycles. The summed E-state index contributed by atoms with van der Waals surface area (Å²) in [4.78, 5) is 17.3. The molecular formula is C14H20F3N3O3. The molecule has 1 N–H and O–H groups in total. The molecule has 2 heterocycles. The van der Waals surface area contributed by atoms with Gasteiger partial charge in [-0.2, -0.15) is 13.2 Å². The van der Waals surface area contributed by atoms with Crippen molar-refractivity contribution in [1.29, 1.82) is 0 Å². The Hall–Kier alpha value is -1.61. The van der Waals surface area contributed by atoms with Gasteiger partial charge in [-0.1, -0.05) is 0 Å². The molecule has 0 spiro atoms. The number of halogens is 3. The molecule has 0 saturated carbocycles. The van der Waals surface area contributed by atoms with Crippen molar-refractivity contribution in [3.8, 4) is 0 Å². The van der Waals surface area contributed by atoms with Gasteiger partial charge in [0.05, 0.1) is 13.0 Å². The predicted octanol–water partition coefficient (Wildman–Crippen LogP) is 1.20. The average molecular weight is 335 g/mol. The van der Waals surface area contributed by atoms with Crippen molar-refractivity contribution in [3.63, 3.8) is 0 Å². The Bertz CT molecular complexity index is 561. The van der Waals surface area contributed by atoms with E-state index in [1.165, 1.54) is 18.1 Å². The molecule has 6 nitrogen and oxygen atoms in total. The van der Waals surface area contributed by atoms with E-state index in [-0.39, 0.29) is 19.2 Å². The number of aliphatic hydroxyl groups is 1. The quantitative estimate of drug-likeness (QED) is 0.901. The van der Waals surface area contributed by atoms with Crippen LogP contribution in [0.1, 0.15) is 25.6 Å². The second-order valence-corrected chi connectivity index (χ2v) is 5.73. The fourth-order valence-electron chi connectivity index (χ4n) is 2.66. The van der Waals surface area contributed by atoms with Gasteiger partial charge in [-0.05, 0) is 13.3 Å². The molecular weight excluding hydrogens is 315 g/mol. The van der Waals surface area contributed by atoms with Gasteiger partial charge in [-0.3, -0.25) is 4.79 Å². The average Bonchev–Trinajstić information content (AvgIpc) is 2.75. The van der Waals surface area contributed by atoms with Crippen LogP contribution in [-0.2, 0) is 22.2 Å². The molecule has 23 heavy (non-hydrogen) atoms. The van der Waals surface area contributed by atoms with Crippen LogP contribution in [0.4, 0.5) is 13.2 Å². The smallest absolute Gasteiger partial charge is 0.380 e. The van der Waals surface area contributed by atoms with E-state index in [0.29, 0.717) is 13.0 Å². The zero-order valence-electron chi connectivity index (χ0n) is 13.0. The second-order valence-electron chi connectivity index (χ2n) is 5.73. The fraction of sp³-hybridized carbons (Fsp3) is 0.714. The van der Waals surface area contributed by atoms with Gasteiger partial charge in [0, 0.05) is 38.6 Å². The first-order valence-electron chi connectivity index (χ1n) is 7.31. The lowest BCUT2D eigenvalue weighted by atomic mass is 9.96. The highest BCUT2D eigenvalue weighted by atomic mass is 19.4. The molecule has 1 aromatic rings. The number of alkyl halides is 3. The van der Waals surface area contributed by atoms with Crippen LogP contribution in [0.3, 0.4) is 0 Å². The molecule has 0 radical (unpaired) electrons. The minimum Gasteiger partial charge on any atom is -0.380 e. The van der Waals surface area contributed by atoms with Crippen LogP contribution in [0.15, 0.2) is 12.4 Å². The third-order valence-electron chi connectivity index (χ3n) is 4.08. The third kappa shape index (κ3) is 3.50. The van der Waals surface area contributed by atoms with E-state index in [4.69, 9.17) is 4.74 Å². The van der Waals surface area contributed by atoms with Gasteiger partial charge >= 0.3 is 6.18 Å². The summed E-state index contributed by atoms with van der Waals surface area (Å²) in [5, 5.41) is 10.3. The number of amides is 1. The molecule has 130 valence electrons. The maximum atomic E-state index is 13.5. The molecule has 2 atom stereocenters. The van der Waals surface area contributed by atoms with Gasteiger partial charge < -0.3 is 19.3 Å². The molecule has 1 aliphatic heterocycles. The summed E-state index contributed by atoms with van der Waals surface area (Å²) < 4.78 is 46.7. The van der Waals surface area contributed by atoms with E-state index in [9.17, 15) is 23.1 Å². The second kappa shape index (κ2) is 6.48. The topological polar surface area (TPSA) is 67.6 Å². The first kappa shape index (κ1) is 17.7. The Labute approximate surface area is 131 Å². The van der Waals surface area contributed by atoms with Gasteiger partial charge in [0.1, 0.15) is 0 Å². The van der Waals surface area contributed by atoms with Gasteiger partial charge in [-0.15, -0.1) is 0 Å². The van der Waals surface area contributed by atoms with E-state index in [1.807, 2.05) is 0 Å². The fourth-order valence-corrected chi connectivity index (χ4v) is 2.66. The van der Waals surface area contributed by atoms with Gasteiger partial charge in [0.15, 0.2) is 5.82 Å². The molecule has 9 heteroatoms. The summed E-state index contributed by atoms with van der Waals surface area (Å²) in [6.45, 7) is 2.67. The number of rotatable bonds is 3. The van der Waals surface area contributed by atoms with Crippen molar-refractivity contribution in [3.05, 3.63) is 18.2 Å². The molecule has 0 aliphatic carbocycles. The lowest BCUT2D eigenvalue weighted by molar-refractivity contribution is -0.272. The number of carbonyl (C=O) groups is 1. The number of hydrogen-bond donors (Lipinski definition) is 1. The van der Waals surface area contributed by atoms with Crippen LogP contribution in [0, 0.1) is 0 Å². The van der Waals surface area contributed by atoms with Crippen LogP contribution in [0.2, 0.25) is 0 Å². The maximum Gasteiger partial charge on any atom is 0.425 e. The number of imidazole rings is 1. The zero-order chi connectivity index (χ0) is 17.3. The van der Waals surface area contributed by atoms with E-state index in [2.05, 4.69) is 4.98 Å². The lowest BCUT2D eigenvalue weighted by Gasteiger charge is -2.33. The molecule has 1 aliphatic rings. The minimum atomic E-state index is -5.02. The first-order chi connectivity index (χ1) is 10.7. The number of nitrogens with zero attached hydrogens (tertiary/aromatic N) is 3. The molecule has 1 amide bonds. The summed E-state index contributed by atoms with van der Waals surface area (Å²) in [5.41, 5.74) is -3.32.